The molecular weight excluding hydrogens is 567 g/mol. The first-order valence-corrected chi connectivity index (χ1v) is 16.2. The lowest BCUT2D eigenvalue weighted by molar-refractivity contribution is 1.30. The topological polar surface area (TPSA) is 3.24 Å². The Morgan fingerprint density at radius 1 is 0.255 bits per heavy atom. The standard InChI is InChI=1S/C46H31N/c1-4-15-39-32(10-1)13-7-18-41(39)35-22-27-37(28-23-35)47(46-21-9-20-44-43-17-6-3-12-34(43)26-31-45(44)46)38-29-24-36(25-30-38)42-19-8-14-33-11-2-5-16-40(33)42/h1-31H. The van der Waals surface area contributed by atoms with Crippen LogP contribution in [0.1, 0.15) is 0 Å². The monoisotopic (exact) mass is 597 g/mol. The zero-order valence-electron chi connectivity index (χ0n) is 25.8. The van der Waals surface area contributed by atoms with Crippen LogP contribution in [0.2, 0.25) is 0 Å². The Hall–Kier alpha value is -6.18. The van der Waals surface area contributed by atoms with Crippen molar-refractivity contribution >= 4 is 60.2 Å². The number of anilines is 3. The van der Waals surface area contributed by atoms with Gasteiger partial charge in [0.05, 0.1) is 5.69 Å². The molecule has 0 spiro atoms. The molecule has 1 nitrogen and oxygen atoms in total. The molecule has 0 saturated heterocycles. The van der Waals surface area contributed by atoms with Gasteiger partial charge in [0.1, 0.15) is 0 Å². The smallest absolute Gasteiger partial charge is 0.0540 e. The van der Waals surface area contributed by atoms with Gasteiger partial charge >= 0.3 is 0 Å². The number of nitrogens with zero attached hydrogens (tertiary/aromatic N) is 1. The molecule has 0 fully saturated rings. The van der Waals surface area contributed by atoms with Crippen LogP contribution in [0, 0.1) is 0 Å². The van der Waals surface area contributed by atoms with Crippen molar-refractivity contribution in [3.63, 3.8) is 0 Å². The largest absolute Gasteiger partial charge is 0.310 e. The van der Waals surface area contributed by atoms with E-state index in [9.17, 15) is 0 Å². The lowest BCUT2D eigenvalue weighted by Gasteiger charge is -2.27. The fraction of sp³-hybridized carbons (Fsp3) is 0. The average Bonchev–Trinajstić information content (AvgIpc) is 3.15. The minimum Gasteiger partial charge on any atom is -0.310 e. The van der Waals surface area contributed by atoms with E-state index < -0.39 is 0 Å². The van der Waals surface area contributed by atoms with Gasteiger partial charge in [-0.15, -0.1) is 0 Å². The summed E-state index contributed by atoms with van der Waals surface area (Å²) in [6.45, 7) is 0. The summed E-state index contributed by atoms with van der Waals surface area (Å²) in [6, 6.07) is 68.2. The summed E-state index contributed by atoms with van der Waals surface area (Å²) < 4.78 is 0. The molecule has 0 aromatic heterocycles. The summed E-state index contributed by atoms with van der Waals surface area (Å²) in [4.78, 5) is 2.40. The van der Waals surface area contributed by atoms with Gasteiger partial charge in [-0.3, -0.25) is 0 Å². The van der Waals surface area contributed by atoms with Gasteiger partial charge in [-0.05, 0) is 90.3 Å². The molecule has 0 atom stereocenters. The third kappa shape index (κ3) is 4.72. The Bertz CT molecular complexity index is 2430. The van der Waals surface area contributed by atoms with E-state index in [0.29, 0.717) is 0 Å². The molecule has 9 aromatic rings. The molecule has 1 heteroatoms. The summed E-state index contributed by atoms with van der Waals surface area (Å²) >= 11 is 0. The minimum absolute atomic E-state index is 1.12. The maximum Gasteiger partial charge on any atom is 0.0540 e. The Morgan fingerprint density at radius 3 is 1.23 bits per heavy atom. The highest BCUT2D eigenvalue weighted by Gasteiger charge is 2.17. The van der Waals surface area contributed by atoms with E-state index in [1.807, 2.05) is 0 Å². The predicted octanol–water partition coefficient (Wildman–Crippen LogP) is 13.1. The number of benzene rings is 9. The van der Waals surface area contributed by atoms with Crippen molar-refractivity contribution in [1.29, 1.82) is 0 Å². The van der Waals surface area contributed by atoms with Gasteiger partial charge in [-0.1, -0.05) is 158 Å². The molecule has 0 radical (unpaired) electrons. The van der Waals surface area contributed by atoms with E-state index in [4.69, 9.17) is 0 Å². The van der Waals surface area contributed by atoms with E-state index in [-0.39, 0.29) is 0 Å². The first-order chi connectivity index (χ1) is 23.3. The predicted molar refractivity (Wildman–Crippen MR) is 202 cm³/mol. The lowest BCUT2D eigenvalue weighted by Crippen LogP contribution is -2.10. The van der Waals surface area contributed by atoms with E-state index in [1.54, 1.807) is 0 Å². The molecule has 220 valence electrons. The SMILES string of the molecule is c1ccc2c(-c3ccc(N(c4ccc(-c5cccc6ccccc56)cc4)c4cccc5c4ccc4ccccc45)cc3)cccc2c1. The highest BCUT2D eigenvalue weighted by molar-refractivity contribution is 6.13. The van der Waals surface area contributed by atoms with Gasteiger partial charge in [0.25, 0.3) is 0 Å². The molecule has 0 aliphatic rings. The molecule has 47 heavy (non-hydrogen) atoms. The van der Waals surface area contributed by atoms with Gasteiger partial charge in [-0.2, -0.15) is 0 Å². The Balaban J connectivity index is 1.20. The van der Waals surface area contributed by atoms with Crippen molar-refractivity contribution < 1.29 is 0 Å². The normalized spacial score (nSPS) is 11.4. The molecule has 0 heterocycles. The van der Waals surface area contributed by atoms with Crippen molar-refractivity contribution in [1.82, 2.24) is 0 Å². The molecule has 0 unspecified atom stereocenters. The van der Waals surface area contributed by atoms with Crippen molar-refractivity contribution in [3.8, 4) is 22.3 Å². The summed E-state index contributed by atoms with van der Waals surface area (Å²) in [7, 11) is 0. The molecule has 0 bridgehead atoms. The fourth-order valence-electron chi connectivity index (χ4n) is 7.18. The number of hydrogen-bond donors (Lipinski definition) is 0. The second-order valence-corrected chi connectivity index (χ2v) is 12.1. The molecule has 0 saturated carbocycles. The molecule has 0 aliphatic carbocycles. The lowest BCUT2D eigenvalue weighted by atomic mass is 9.97. The van der Waals surface area contributed by atoms with Gasteiger partial charge < -0.3 is 4.90 Å². The molecule has 9 aromatic carbocycles. The number of fused-ring (bicyclic) bond motifs is 5. The summed E-state index contributed by atoms with van der Waals surface area (Å²) in [5, 5.41) is 10.0. The fourth-order valence-corrected chi connectivity index (χ4v) is 7.18. The van der Waals surface area contributed by atoms with Gasteiger partial charge in [0.15, 0.2) is 0 Å². The zero-order chi connectivity index (χ0) is 31.2. The maximum atomic E-state index is 2.40. The maximum absolute atomic E-state index is 2.40. The summed E-state index contributed by atoms with van der Waals surface area (Å²) in [5.74, 6) is 0. The molecule has 0 amide bonds. The van der Waals surface area contributed by atoms with Crippen molar-refractivity contribution in [3.05, 3.63) is 188 Å². The molecule has 0 aliphatic heterocycles. The Morgan fingerprint density at radius 2 is 0.681 bits per heavy atom. The van der Waals surface area contributed by atoms with E-state index >= 15 is 0 Å². The number of rotatable bonds is 5. The van der Waals surface area contributed by atoms with Gasteiger partial charge in [0, 0.05) is 16.8 Å². The van der Waals surface area contributed by atoms with Crippen LogP contribution < -0.4 is 4.90 Å². The van der Waals surface area contributed by atoms with Crippen LogP contribution in [0.25, 0.3) is 65.3 Å². The third-order valence-electron chi connectivity index (χ3n) is 9.46. The second-order valence-electron chi connectivity index (χ2n) is 12.1. The Kier molecular flexibility index (Phi) is 6.54. The van der Waals surface area contributed by atoms with Crippen LogP contribution in [-0.4, -0.2) is 0 Å². The highest BCUT2D eigenvalue weighted by atomic mass is 15.1. The van der Waals surface area contributed by atoms with Crippen molar-refractivity contribution in [2.75, 3.05) is 4.90 Å². The van der Waals surface area contributed by atoms with Crippen LogP contribution in [0.3, 0.4) is 0 Å². The Labute approximate surface area is 274 Å². The van der Waals surface area contributed by atoms with E-state index in [0.717, 1.165) is 17.1 Å². The molecule has 0 N–H and O–H groups in total. The zero-order valence-corrected chi connectivity index (χ0v) is 25.8. The van der Waals surface area contributed by atoms with Crippen LogP contribution in [-0.2, 0) is 0 Å². The molecule has 9 rings (SSSR count). The van der Waals surface area contributed by atoms with Crippen LogP contribution in [0.5, 0.6) is 0 Å². The summed E-state index contributed by atoms with van der Waals surface area (Å²) in [5.41, 5.74) is 8.31. The quantitative estimate of drug-likeness (QED) is 0.178. The summed E-state index contributed by atoms with van der Waals surface area (Å²) in [6.07, 6.45) is 0. The first kappa shape index (κ1) is 27.2. The molecular formula is C46H31N. The van der Waals surface area contributed by atoms with Gasteiger partial charge in [0.2, 0.25) is 0 Å². The van der Waals surface area contributed by atoms with Crippen LogP contribution in [0.15, 0.2) is 188 Å². The van der Waals surface area contributed by atoms with Crippen molar-refractivity contribution in [2.24, 2.45) is 0 Å². The average molecular weight is 598 g/mol. The van der Waals surface area contributed by atoms with Crippen LogP contribution in [0.4, 0.5) is 17.1 Å². The van der Waals surface area contributed by atoms with Crippen molar-refractivity contribution in [2.45, 2.75) is 0 Å². The highest BCUT2D eigenvalue weighted by Crippen LogP contribution is 2.42. The van der Waals surface area contributed by atoms with Gasteiger partial charge in [-0.25, -0.2) is 0 Å². The van der Waals surface area contributed by atoms with E-state index in [1.165, 1.54) is 65.3 Å². The second kappa shape index (κ2) is 11.3. The first-order valence-electron chi connectivity index (χ1n) is 16.2. The van der Waals surface area contributed by atoms with Crippen LogP contribution >= 0.6 is 0 Å². The number of hydrogen-bond acceptors (Lipinski definition) is 1. The van der Waals surface area contributed by atoms with E-state index in [2.05, 4.69) is 193 Å². The third-order valence-corrected chi connectivity index (χ3v) is 9.46. The minimum atomic E-state index is 1.12.